The fourth-order valence-electron chi connectivity index (χ4n) is 8.75. The summed E-state index contributed by atoms with van der Waals surface area (Å²) >= 11 is 1.30. The third-order valence-electron chi connectivity index (χ3n) is 12.9. The fraction of sp³-hybridized carbons (Fsp3) is 0.537. The van der Waals surface area contributed by atoms with Gasteiger partial charge >= 0.3 is 28.4 Å². The third kappa shape index (κ3) is 5.73. The number of benzene rings is 1. The molecule has 240 valence electrons. The first-order valence-electron chi connectivity index (χ1n) is 16.2. The van der Waals surface area contributed by atoms with Gasteiger partial charge in [-0.2, -0.15) is 34.4 Å². The van der Waals surface area contributed by atoms with Crippen LogP contribution in [-0.4, -0.2) is 4.21 Å². The summed E-state index contributed by atoms with van der Waals surface area (Å²) in [7, 11) is 0. The molecule has 1 saturated carbocycles. The van der Waals surface area contributed by atoms with Crippen LogP contribution < -0.4 is 24.8 Å². The van der Waals surface area contributed by atoms with Crippen LogP contribution in [0.1, 0.15) is 118 Å². The quantitative estimate of drug-likeness (QED) is 0.357. The van der Waals surface area contributed by atoms with E-state index in [1.165, 1.54) is 59.3 Å². The first kappa shape index (κ1) is 39.2. The summed E-state index contributed by atoms with van der Waals surface area (Å²) in [6, 6.07) is 15.9. The number of hydrogen-bond donors (Lipinski definition) is 0. The molecule has 0 spiro atoms. The monoisotopic (exact) mass is 708 g/mol. The molecule has 4 aliphatic rings. The van der Waals surface area contributed by atoms with E-state index in [4.69, 9.17) is 0 Å². The van der Waals surface area contributed by atoms with Gasteiger partial charge in [-0.05, 0) is 40.6 Å². The molecule has 0 amide bonds. The maximum Gasteiger partial charge on any atom is -1.00 e. The summed E-state index contributed by atoms with van der Waals surface area (Å²) in [5.41, 5.74) is 13.5. The molecule has 2 aromatic rings. The van der Waals surface area contributed by atoms with E-state index in [0.717, 1.165) is 12.8 Å². The zero-order chi connectivity index (χ0) is 31.5. The van der Waals surface area contributed by atoms with Gasteiger partial charge in [-0.1, -0.05) is 153 Å². The molecule has 0 radical (unpaired) electrons. The summed E-state index contributed by atoms with van der Waals surface area (Å²) in [6.45, 7) is 29.2. The number of halogens is 2. The second-order valence-electron chi connectivity index (χ2n) is 15.9. The number of hydrogen-bond acceptors (Lipinski definition) is 0. The van der Waals surface area contributed by atoms with Gasteiger partial charge in [0.25, 0.3) is 0 Å². The van der Waals surface area contributed by atoms with E-state index in [-0.39, 0.29) is 46.5 Å². The number of allylic oxidation sites excluding steroid dienone is 6. The van der Waals surface area contributed by atoms with Crippen LogP contribution in [0.4, 0.5) is 0 Å². The van der Waals surface area contributed by atoms with Crippen LogP contribution in [0.25, 0.3) is 5.57 Å². The van der Waals surface area contributed by atoms with Crippen LogP contribution in [0.2, 0.25) is 0 Å². The predicted molar refractivity (Wildman–Crippen MR) is 182 cm³/mol. The zero-order valence-electron chi connectivity index (χ0n) is 29.6. The van der Waals surface area contributed by atoms with E-state index < -0.39 is 0 Å². The third-order valence-corrected chi connectivity index (χ3v) is 12.9. The first-order chi connectivity index (χ1) is 19.5. The van der Waals surface area contributed by atoms with Crippen molar-refractivity contribution in [2.24, 2.45) is 27.6 Å². The van der Waals surface area contributed by atoms with E-state index in [1.54, 1.807) is 28.2 Å². The minimum absolute atomic E-state index is 0. The van der Waals surface area contributed by atoms with Gasteiger partial charge in [0.15, 0.2) is 0 Å². The Balaban J connectivity index is 0.000000384. The molecule has 2 unspecified atom stereocenters. The molecular formula is C41H56Cl2Zr-2. The Labute approximate surface area is 298 Å². The van der Waals surface area contributed by atoms with Crippen molar-refractivity contribution in [1.82, 2.24) is 0 Å². The number of fused-ring (bicyclic) bond motifs is 6. The molecular weight excluding hydrogens is 655 g/mol. The number of aryl methyl sites for hydroxylation is 1. The van der Waals surface area contributed by atoms with Crippen LogP contribution in [0, 0.1) is 33.5 Å². The van der Waals surface area contributed by atoms with Crippen LogP contribution in [-0.2, 0) is 42.5 Å². The molecule has 3 heteroatoms. The summed E-state index contributed by atoms with van der Waals surface area (Å²) in [5.74, 6) is 2.24. The van der Waals surface area contributed by atoms with Gasteiger partial charge in [0, 0.05) is 0 Å². The Hall–Kier alpha value is -1.01. The molecule has 1 fully saturated rings. The van der Waals surface area contributed by atoms with Gasteiger partial charge in [-0.3, -0.25) is 0 Å². The van der Waals surface area contributed by atoms with Crippen LogP contribution in [0.15, 0.2) is 71.3 Å². The SMILES string of the molecule is CCc1cc(C(C)(C)C)c[cH-]1.C[C-]1C2=C3Cc4ccccc4C3=C3C=CCCC3C2(C)C(C)(C)C(C)(C)C1(C)C.[CH2]=[Zr+2].[Cl-].[Cl-]. The summed E-state index contributed by atoms with van der Waals surface area (Å²) in [6.07, 6.45) is 9.65. The second-order valence-corrected chi connectivity index (χ2v) is 15.9. The molecule has 0 saturated heterocycles. The minimum atomic E-state index is 0. The molecule has 4 aliphatic carbocycles. The van der Waals surface area contributed by atoms with Gasteiger partial charge in [-0.25, -0.2) is 12.0 Å². The van der Waals surface area contributed by atoms with Gasteiger partial charge < -0.3 is 24.8 Å². The van der Waals surface area contributed by atoms with Crippen molar-refractivity contribution < 1.29 is 49.0 Å². The normalized spacial score (nSPS) is 25.0. The molecule has 44 heavy (non-hydrogen) atoms. The number of rotatable bonds is 1. The molecule has 0 aromatic heterocycles. The Bertz CT molecular complexity index is 1420. The van der Waals surface area contributed by atoms with Crippen molar-refractivity contribution in [3.8, 4) is 0 Å². The maximum absolute atomic E-state index is 3.34. The van der Waals surface area contributed by atoms with Crippen LogP contribution in [0.5, 0.6) is 0 Å². The van der Waals surface area contributed by atoms with Crippen molar-refractivity contribution in [1.29, 1.82) is 0 Å². The zero-order valence-corrected chi connectivity index (χ0v) is 33.5. The summed E-state index contributed by atoms with van der Waals surface area (Å²) < 4.78 is 3.34. The molecule has 0 bridgehead atoms. The Morgan fingerprint density at radius 1 is 0.977 bits per heavy atom. The molecule has 0 nitrogen and oxygen atoms in total. The van der Waals surface area contributed by atoms with Gasteiger partial charge in [0.1, 0.15) is 0 Å². The fourth-order valence-corrected chi connectivity index (χ4v) is 8.75. The molecule has 0 heterocycles. The smallest absolute Gasteiger partial charge is 1.00 e. The van der Waals surface area contributed by atoms with E-state index in [1.807, 2.05) is 0 Å². The minimum Gasteiger partial charge on any atom is -1.00 e. The van der Waals surface area contributed by atoms with Gasteiger partial charge in [0.05, 0.1) is 0 Å². The molecule has 2 atom stereocenters. The van der Waals surface area contributed by atoms with Crippen LogP contribution in [0.3, 0.4) is 0 Å². The molecule has 0 N–H and O–H groups in total. The Morgan fingerprint density at radius 3 is 2.14 bits per heavy atom. The van der Waals surface area contributed by atoms with E-state index in [0.29, 0.717) is 11.3 Å². The predicted octanol–water partition coefficient (Wildman–Crippen LogP) is 5.20. The van der Waals surface area contributed by atoms with Gasteiger partial charge in [-0.15, -0.1) is 6.92 Å². The molecule has 0 aliphatic heterocycles. The van der Waals surface area contributed by atoms with Crippen molar-refractivity contribution in [2.45, 2.75) is 114 Å². The second kappa shape index (κ2) is 13.6. The van der Waals surface area contributed by atoms with E-state index in [2.05, 4.69) is 142 Å². The van der Waals surface area contributed by atoms with Crippen molar-refractivity contribution in [3.05, 3.63) is 99.5 Å². The topological polar surface area (TPSA) is 0 Å². The first-order valence-corrected chi connectivity index (χ1v) is 17.9. The van der Waals surface area contributed by atoms with Crippen molar-refractivity contribution in [2.75, 3.05) is 0 Å². The van der Waals surface area contributed by atoms with Crippen LogP contribution >= 0.6 is 0 Å². The van der Waals surface area contributed by atoms with Crippen molar-refractivity contribution >= 4 is 9.78 Å². The average molecular weight is 711 g/mol. The standard InChI is InChI=1S/C29H37.C11H17.CH2.2ClH.Zr/c1-18-25-22-17-19-13-9-10-14-20(19)24(22)21-15-11-12-16-23(21)29(25,8)28(6,7)27(4,5)26(18,2)3;1-5-9-6-7-10(8-9)11(2,3)4;;;;/h9-11,13-15,23H,12,16-17H2,1-8H3;6-8H,5H2,1-4H3;1H2;2*1H;/q2*-1;;;;+2/p-2. The van der Waals surface area contributed by atoms with E-state index >= 15 is 0 Å². The van der Waals surface area contributed by atoms with Gasteiger partial charge in [0.2, 0.25) is 0 Å². The van der Waals surface area contributed by atoms with E-state index in [9.17, 15) is 0 Å². The molecule has 2 aromatic carbocycles. The largest absolute Gasteiger partial charge is 1.00 e. The Morgan fingerprint density at radius 2 is 1.59 bits per heavy atom. The van der Waals surface area contributed by atoms with Crippen molar-refractivity contribution in [3.63, 3.8) is 0 Å². The average Bonchev–Trinajstić information content (AvgIpc) is 3.59. The summed E-state index contributed by atoms with van der Waals surface area (Å²) in [4.78, 5) is 0. The summed E-state index contributed by atoms with van der Waals surface area (Å²) in [5, 5.41) is 0. The Kier molecular flexibility index (Phi) is 12.1. The maximum atomic E-state index is 3.34. The molecule has 6 rings (SSSR count).